The van der Waals surface area contributed by atoms with Crippen molar-refractivity contribution in [3.63, 3.8) is 0 Å². The Bertz CT molecular complexity index is 778. The first-order chi connectivity index (χ1) is 13.1. The molecule has 0 saturated carbocycles. The molecular weight excluding hydrogens is 342 g/mol. The van der Waals surface area contributed by atoms with Gasteiger partial charge in [0.25, 0.3) is 0 Å². The van der Waals surface area contributed by atoms with E-state index >= 15 is 0 Å². The molecule has 0 bridgehead atoms. The highest BCUT2D eigenvalue weighted by Crippen LogP contribution is 2.39. The van der Waals surface area contributed by atoms with Crippen LogP contribution in [0.5, 0.6) is 0 Å². The molecule has 2 aromatic heterocycles. The summed E-state index contributed by atoms with van der Waals surface area (Å²) < 4.78 is 5.55. The molecule has 7 heteroatoms. The van der Waals surface area contributed by atoms with Crippen LogP contribution < -0.4 is 0 Å². The smallest absolute Gasteiger partial charge is 0.230 e. The summed E-state index contributed by atoms with van der Waals surface area (Å²) in [5.74, 6) is 1.57. The Morgan fingerprint density at radius 3 is 2.93 bits per heavy atom. The third kappa shape index (κ3) is 4.35. The molecule has 4 heterocycles. The summed E-state index contributed by atoms with van der Waals surface area (Å²) in [6.45, 7) is 6.15. The van der Waals surface area contributed by atoms with E-state index in [2.05, 4.69) is 25.0 Å². The van der Waals surface area contributed by atoms with Crippen molar-refractivity contribution >= 4 is 5.91 Å². The molecule has 7 nitrogen and oxygen atoms in total. The number of aromatic nitrogens is 3. The van der Waals surface area contributed by atoms with Crippen LogP contribution >= 0.6 is 0 Å². The van der Waals surface area contributed by atoms with E-state index in [9.17, 15) is 4.79 Å². The van der Waals surface area contributed by atoms with E-state index in [4.69, 9.17) is 4.42 Å². The highest BCUT2D eigenvalue weighted by Gasteiger charge is 2.41. The lowest BCUT2D eigenvalue weighted by Crippen LogP contribution is -2.54. The molecule has 1 spiro atoms. The highest BCUT2D eigenvalue weighted by molar-refractivity contribution is 5.77. The molecule has 1 amide bonds. The van der Waals surface area contributed by atoms with Gasteiger partial charge in [0.15, 0.2) is 0 Å². The second-order valence-electron chi connectivity index (χ2n) is 7.92. The molecule has 0 aromatic carbocycles. The number of nitrogens with zero attached hydrogens (tertiary/aromatic N) is 5. The number of carbonyl (C=O) groups is 1. The van der Waals surface area contributed by atoms with Crippen molar-refractivity contribution in [2.75, 3.05) is 26.2 Å². The highest BCUT2D eigenvalue weighted by atomic mass is 16.4. The molecule has 4 rings (SSSR count). The Morgan fingerprint density at radius 2 is 2.15 bits per heavy atom. The summed E-state index contributed by atoms with van der Waals surface area (Å²) >= 11 is 0. The summed E-state index contributed by atoms with van der Waals surface area (Å²) in [5, 5.41) is 8.06. The van der Waals surface area contributed by atoms with Crippen molar-refractivity contribution in [3.8, 4) is 0 Å². The van der Waals surface area contributed by atoms with E-state index in [0.29, 0.717) is 24.7 Å². The number of rotatable bonds is 5. The summed E-state index contributed by atoms with van der Waals surface area (Å²) in [7, 11) is 0. The van der Waals surface area contributed by atoms with Crippen LogP contribution in [0.4, 0.5) is 0 Å². The van der Waals surface area contributed by atoms with Crippen LogP contribution in [0, 0.1) is 12.3 Å². The zero-order valence-electron chi connectivity index (χ0n) is 15.9. The molecule has 144 valence electrons. The van der Waals surface area contributed by atoms with Gasteiger partial charge in [-0.3, -0.25) is 14.7 Å². The molecule has 2 aromatic rings. The van der Waals surface area contributed by atoms with E-state index < -0.39 is 0 Å². The Labute approximate surface area is 159 Å². The van der Waals surface area contributed by atoms with Gasteiger partial charge in [0.05, 0.1) is 6.54 Å². The second kappa shape index (κ2) is 7.76. The first-order valence-corrected chi connectivity index (χ1v) is 9.81. The van der Waals surface area contributed by atoms with Gasteiger partial charge in [-0.05, 0) is 37.9 Å². The van der Waals surface area contributed by atoms with Crippen LogP contribution in [-0.2, 0) is 17.8 Å². The molecule has 0 N–H and O–H groups in total. The van der Waals surface area contributed by atoms with Crippen molar-refractivity contribution in [1.82, 2.24) is 25.0 Å². The van der Waals surface area contributed by atoms with Gasteiger partial charge in [-0.2, -0.15) is 0 Å². The topological polar surface area (TPSA) is 75.4 Å². The van der Waals surface area contributed by atoms with Crippen LogP contribution in [0.25, 0.3) is 0 Å². The number of likely N-dealkylation sites (tertiary alicyclic amines) is 2. The van der Waals surface area contributed by atoms with Crippen LogP contribution in [-0.4, -0.2) is 57.1 Å². The van der Waals surface area contributed by atoms with Gasteiger partial charge >= 0.3 is 0 Å². The fourth-order valence-electron chi connectivity index (χ4n) is 4.47. The standard InChI is InChI=1S/C20H27N5O2/c1-16-22-23-18(27-16)13-24-11-4-8-20(14-24)9-6-19(26)25(15-20)12-7-17-5-2-3-10-21-17/h2-3,5,10H,4,6-9,11-15H2,1H3. The Morgan fingerprint density at radius 1 is 1.22 bits per heavy atom. The predicted molar refractivity (Wildman–Crippen MR) is 99.7 cm³/mol. The van der Waals surface area contributed by atoms with E-state index in [1.807, 2.05) is 31.3 Å². The predicted octanol–water partition coefficient (Wildman–Crippen LogP) is 2.22. The lowest BCUT2D eigenvalue weighted by Gasteiger charge is -2.48. The summed E-state index contributed by atoms with van der Waals surface area (Å²) in [6, 6.07) is 5.95. The van der Waals surface area contributed by atoms with E-state index in [1.165, 1.54) is 6.42 Å². The maximum atomic E-state index is 12.5. The Hall–Kier alpha value is -2.28. The summed E-state index contributed by atoms with van der Waals surface area (Å²) in [5.41, 5.74) is 1.23. The zero-order valence-corrected chi connectivity index (χ0v) is 15.9. The van der Waals surface area contributed by atoms with E-state index in [0.717, 1.165) is 51.1 Å². The molecule has 0 aliphatic carbocycles. The molecule has 0 radical (unpaired) electrons. The van der Waals surface area contributed by atoms with Gasteiger partial charge in [-0.1, -0.05) is 6.07 Å². The third-order valence-corrected chi connectivity index (χ3v) is 5.78. The zero-order chi connectivity index (χ0) is 18.7. The van der Waals surface area contributed by atoms with Gasteiger partial charge < -0.3 is 9.32 Å². The van der Waals surface area contributed by atoms with Crippen molar-refractivity contribution in [1.29, 1.82) is 0 Å². The fourth-order valence-corrected chi connectivity index (χ4v) is 4.47. The maximum Gasteiger partial charge on any atom is 0.230 e. The normalized spacial score (nSPS) is 23.9. The third-order valence-electron chi connectivity index (χ3n) is 5.78. The van der Waals surface area contributed by atoms with Crippen molar-refractivity contribution in [2.24, 2.45) is 5.41 Å². The lowest BCUT2D eigenvalue weighted by molar-refractivity contribution is -0.139. The Kier molecular flexibility index (Phi) is 5.20. The summed E-state index contributed by atoms with van der Waals surface area (Å²) in [4.78, 5) is 21.3. The number of hydrogen-bond acceptors (Lipinski definition) is 6. The minimum Gasteiger partial charge on any atom is -0.424 e. The second-order valence-corrected chi connectivity index (χ2v) is 7.92. The molecule has 2 aliphatic rings. The first-order valence-electron chi connectivity index (χ1n) is 9.81. The molecule has 2 saturated heterocycles. The average molecular weight is 369 g/mol. The summed E-state index contributed by atoms with van der Waals surface area (Å²) in [6.07, 6.45) is 6.58. The molecule has 1 unspecified atom stereocenters. The van der Waals surface area contributed by atoms with E-state index in [-0.39, 0.29) is 11.3 Å². The largest absolute Gasteiger partial charge is 0.424 e. The van der Waals surface area contributed by atoms with Crippen molar-refractivity contribution < 1.29 is 9.21 Å². The van der Waals surface area contributed by atoms with Gasteiger partial charge in [0.1, 0.15) is 0 Å². The maximum absolute atomic E-state index is 12.5. The van der Waals surface area contributed by atoms with Gasteiger partial charge in [0.2, 0.25) is 17.7 Å². The number of pyridine rings is 1. The number of aryl methyl sites for hydroxylation is 1. The number of piperidine rings is 2. The monoisotopic (exact) mass is 369 g/mol. The number of amides is 1. The minimum atomic E-state index is 0.186. The quantitative estimate of drug-likeness (QED) is 0.804. The lowest BCUT2D eigenvalue weighted by atomic mass is 9.73. The van der Waals surface area contributed by atoms with Gasteiger partial charge in [-0.15, -0.1) is 10.2 Å². The number of hydrogen-bond donors (Lipinski definition) is 0. The van der Waals surface area contributed by atoms with Crippen LogP contribution in [0.1, 0.15) is 43.2 Å². The Balaban J connectivity index is 1.38. The van der Waals surface area contributed by atoms with Crippen molar-refractivity contribution in [3.05, 3.63) is 41.9 Å². The molecule has 2 fully saturated rings. The van der Waals surface area contributed by atoms with E-state index in [1.54, 1.807) is 0 Å². The molecule has 1 atom stereocenters. The van der Waals surface area contributed by atoms with Crippen molar-refractivity contribution in [2.45, 2.75) is 45.6 Å². The van der Waals surface area contributed by atoms with Gasteiger partial charge in [-0.25, -0.2) is 0 Å². The average Bonchev–Trinajstić information content (AvgIpc) is 3.08. The molecule has 2 aliphatic heterocycles. The van der Waals surface area contributed by atoms with Crippen LogP contribution in [0.3, 0.4) is 0 Å². The molecular formula is C20H27N5O2. The van der Waals surface area contributed by atoms with Crippen LogP contribution in [0.2, 0.25) is 0 Å². The first kappa shape index (κ1) is 18.1. The van der Waals surface area contributed by atoms with Crippen LogP contribution in [0.15, 0.2) is 28.8 Å². The molecule has 27 heavy (non-hydrogen) atoms. The SMILES string of the molecule is Cc1nnc(CN2CCCC3(CCC(=O)N(CCc4ccccn4)C3)C2)o1. The minimum absolute atomic E-state index is 0.186. The number of carbonyl (C=O) groups excluding carboxylic acids is 1. The van der Waals surface area contributed by atoms with Gasteiger partial charge in [0, 0.05) is 56.7 Å². The fraction of sp³-hybridized carbons (Fsp3) is 0.600.